The number of nitrogens with zero attached hydrogens (tertiary/aromatic N) is 2. The molecule has 0 aromatic heterocycles. The van der Waals surface area contributed by atoms with Crippen molar-refractivity contribution in [1.82, 2.24) is 9.80 Å². The van der Waals surface area contributed by atoms with E-state index in [0.717, 1.165) is 20.9 Å². The standard InChI is InChI=1S/C44H48N2O14/c1-53-31-19-17-29(37(55-3)39(31)57-5)35(47)33(41(49)45-27(23-59-43(45)51)21-25-13-9-7-10-14-25)34(36(48)30-18-20-32(54-2)40(58-6)38(30)56-4)42(50)46-28(24-60-44(46)52)22-26-15-11-8-12-16-26/h7-20,27-28,33-36,47-48H,21-24H2,1-6H3/t27-,28-,33-,34-,35+,36+/m0/s1. The van der Waals surface area contributed by atoms with Crippen LogP contribution in [0.3, 0.4) is 0 Å². The molecule has 2 N–H and O–H groups in total. The first kappa shape index (κ1) is 43.1. The number of amides is 4. The van der Waals surface area contributed by atoms with Crippen molar-refractivity contribution in [2.75, 3.05) is 55.9 Å². The summed E-state index contributed by atoms with van der Waals surface area (Å²) in [4.78, 5) is 60.0. The Bertz CT molecular complexity index is 2010. The van der Waals surface area contributed by atoms with Gasteiger partial charge in [0.25, 0.3) is 0 Å². The van der Waals surface area contributed by atoms with E-state index >= 15 is 9.59 Å². The summed E-state index contributed by atoms with van der Waals surface area (Å²) in [7, 11) is 8.09. The average Bonchev–Trinajstić information content (AvgIpc) is 3.83. The average molecular weight is 829 g/mol. The molecule has 2 fully saturated rings. The highest BCUT2D eigenvalue weighted by Gasteiger charge is 2.54. The lowest BCUT2D eigenvalue weighted by Crippen LogP contribution is -2.53. The Labute approximate surface area is 347 Å². The van der Waals surface area contributed by atoms with Crippen molar-refractivity contribution in [2.24, 2.45) is 11.8 Å². The van der Waals surface area contributed by atoms with Crippen molar-refractivity contribution in [3.8, 4) is 34.5 Å². The smallest absolute Gasteiger partial charge is 0.416 e. The highest BCUT2D eigenvalue weighted by Crippen LogP contribution is 2.50. The molecule has 2 aliphatic rings. The van der Waals surface area contributed by atoms with Crippen molar-refractivity contribution in [1.29, 1.82) is 0 Å². The van der Waals surface area contributed by atoms with Gasteiger partial charge in [-0.05, 0) is 48.2 Å². The molecule has 0 bridgehead atoms. The lowest BCUT2D eigenvalue weighted by atomic mass is 9.76. The van der Waals surface area contributed by atoms with Crippen LogP contribution >= 0.6 is 0 Å². The number of aliphatic hydroxyl groups is 2. The fraction of sp³-hybridized carbons (Fsp3) is 0.364. The van der Waals surface area contributed by atoms with Gasteiger partial charge in [-0.2, -0.15) is 0 Å². The Hall–Kier alpha value is -6.52. The van der Waals surface area contributed by atoms with Crippen LogP contribution in [0.4, 0.5) is 9.59 Å². The molecule has 318 valence electrons. The molecule has 60 heavy (non-hydrogen) atoms. The predicted molar refractivity (Wildman–Crippen MR) is 213 cm³/mol. The molecule has 4 aromatic rings. The van der Waals surface area contributed by atoms with Crippen LogP contribution in [0.15, 0.2) is 84.9 Å². The molecule has 2 heterocycles. The maximum atomic E-state index is 15.5. The van der Waals surface area contributed by atoms with Gasteiger partial charge in [0.15, 0.2) is 23.0 Å². The number of benzene rings is 4. The molecule has 4 aromatic carbocycles. The Morgan fingerprint density at radius 1 is 0.550 bits per heavy atom. The number of rotatable bonds is 17. The van der Waals surface area contributed by atoms with Crippen molar-refractivity contribution in [2.45, 2.75) is 37.1 Å². The predicted octanol–water partition coefficient (Wildman–Crippen LogP) is 4.92. The molecule has 4 amide bonds. The Balaban J connectivity index is 1.59. The summed E-state index contributed by atoms with van der Waals surface area (Å²) in [6.07, 6.45) is -5.85. The topological polar surface area (TPSA) is 189 Å². The number of hydrogen-bond donors (Lipinski definition) is 2. The molecule has 0 unspecified atom stereocenters. The molecule has 0 radical (unpaired) electrons. The van der Waals surface area contributed by atoms with Gasteiger partial charge in [0.2, 0.25) is 23.3 Å². The maximum Gasteiger partial charge on any atom is 0.416 e. The van der Waals surface area contributed by atoms with Gasteiger partial charge < -0.3 is 48.1 Å². The summed E-state index contributed by atoms with van der Waals surface area (Å²) in [6.45, 7) is -0.408. The number of methoxy groups -OCH3 is 6. The zero-order valence-corrected chi connectivity index (χ0v) is 34.1. The molecule has 0 aliphatic carbocycles. The van der Waals surface area contributed by atoms with Crippen molar-refractivity contribution >= 4 is 24.0 Å². The number of aliphatic hydroxyl groups excluding tert-OH is 2. The van der Waals surface area contributed by atoms with Gasteiger partial charge >= 0.3 is 12.2 Å². The third kappa shape index (κ3) is 8.33. The first-order chi connectivity index (χ1) is 29.0. The summed E-state index contributed by atoms with van der Waals surface area (Å²) >= 11 is 0. The highest BCUT2D eigenvalue weighted by atomic mass is 16.6. The second-order valence-corrected chi connectivity index (χ2v) is 14.0. The zero-order valence-electron chi connectivity index (χ0n) is 34.1. The van der Waals surface area contributed by atoms with Crippen molar-refractivity contribution < 1.29 is 67.3 Å². The second kappa shape index (κ2) is 19.0. The Morgan fingerprint density at radius 3 is 1.22 bits per heavy atom. The van der Waals surface area contributed by atoms with E-state index in [4.69, 9.17) is 37.9 Å². The monoisotopic (exact) mass is 828 g/mol. The summed E-state index contributed by atoms with van der Waals surface area (Å²) < 4.78 is 44.4. The van der Waals surface area contributed by atoms with Crippen LogP contribution in [0.5, 0.6) is 34.5 Å². The van der Waals surface area contributed by atoms with E-state index in [2.05, 4.69) is 0 Å². The van der Waals surface area contributed by atoms with E-state index in [1.807, 2.05) is 36.4 Å². The van der Waals surface area contributed by atoms with Gasteiger partial charge in [-0.25, -0.2) is 19.4 Å². The molecule has 16 nitrogen and oxygen atoms in total. The molecule has 6 rings (SSSR count). The molecule has 2 saturated heterocycles. The minimum atomic E-state index is -2.05. The summed E-state index contributed by atoms with van der Waals surface area (Å²) in [5.41, 5.74) is 1.39. The number of carbonyl (C=O) groups excluding carboxylic acids is 4. The van der Waals surface area contributed by atoms with Crippen molar-refractivity contribution in [3.05, 3.63) is 107 Å². The third-order valence-corrected chi connectivity index (χ3v) is 10.8. The van der Waals surface area contributed by atoms with Crippen LogP contribution in [-0.4, -0.2) is 112 Å². The Morgan fingerprint density at radius 2 is 0.900 bits per heavy atom. The van der Waals surface area contributed by atoms with Crippen molar-refractivity contribution in [3.63, 3.8) is 0 Å². The fourth-order valence-electron chi connectivity index (χ4n) is 7.93. The van der Waals surface area contributed by atoms with E-state index in [-0.39, 0.29) is 71.7 Å². The highest BCUT2D eigenvalue weighted by molar-refractivity contribution is 6.01. The van der Waals surface area contributed by atoms with E-state index in [1.165, 1.54) is 66.9 Å². The largest absolute Gasteiger partial charge is 0.493 e. The molecular formula is C44H48N2O14. The van der Waals surface area contributed by atoms with Crippen LogP contribution in [0.2, 0.25) is 0 Å². The normalized spacial score (nSPS) is 18.1. The summed E-state index contributed by atoms with van der Waals surface area (Å²) in [5.74, 6) is -5.91. The number of imide groups is 2. The number of cyclic esters (lactones) is 2. The minimum absolute atomic E-state index is 0.0429. The second-order valence-electron chi connectivity index (χ2n) is 14.0. The first-order valence-corrected chi connectivity index (χ1v) is 19.0. The van der Waals surface area contributed by atoms with Gasteiger partial charge in [-0.3, -0.25) is 9.59 Å². The Kier molecular flexibility index (Phi) is 13.7. The van der Waals surface area contributed by atoms with Gasteiger partial charge in [-0.1, -0.05) is 60.7 Å². The van der Waals surface area contributed by atoms with Gasteiger partial charge in [0.1, 0.15) is 13.2 Å². The number of ether oxygens (including phenoxy) is 8. The van der Waals surface area contributed by atoms with Gasteiger partial charge in [0, 0.05) is 11.1 Å². The molecule has 0 saturated carbocycles. The van der Waals surface area contributed by atoms with Crippen LogP contribution in [0.1, 0.15) is 34.5 Å². The zero-order chi connectivity index (χ0) is 43.1. The molecular weight excluding hydrogens is 780 g/mol. The summed E-state index contributed by atoms with van der Waals surface area (Å²) in [5, 5.41) is 25.5. The lowest BCUT2D eigenvalue weighted by Gasteiger charge is -2.37. The van der Waals surface area contributed by atoms with E-state index < -0.39 is 60.1 Å². The molecule has 6 atom stereocenters. The van der Waals surface area contributed by atoms with Crippen LogP contribution < -0.4 is 28.4 Å². The minimum Gasteiger partial charge on any atom is -0.493 e. The quantitative estimate of drug-likeness (QED) is 0.146. The van der Waals surface area contributed by atoms with E-state index in [9.17, 15) is 19.8 Å². The van der Waals surface area contributed by atoms with E-state index in [1.54, 1.807) is 24.3 Å². The third-order valence-electron chi connectivity index (χ3n) is 10.8. The molecule has 0 spiro atoms. The lowest BCUT2D eigenvalue weighted by molar-refractivity contribution is -0.155. The van der Waals surface area contributed by atoms with Gasteiger partial charge in [0.05, 0.1) is 78.8 Å². The molecule has 2 aliphatic heterocycles. The van der Waals surface area contributed by atoms with Gasteiger partial charge in [-0.15, -0.1) is 0 Å². The van der Waals surface area contributed by atoms with Crippen LogP contribution in [0.25, 0.3) is 0 Å². The number of hydrogen-bond acceptors (Lipinski definition) is 14. The molecule has 16 heteroatoms. The number of carbonyl (C=O) groups is 4. The van der Waals surface area contributed by atoms with Crippen LogP contribution in [0, 0.1) is 11.8 Å². The summed E-state index contributed by atoms with van der Waals surface area (Å²) in [6, 6.07) is 22.0. The maximum absolute atomic E-state index is 15.5. The first-order valence-electron chi connectivity index (χ1n) is 19.0. The fourth-order valence-corrected chi connectivity index (χ4v) is 7.93. The van der Waals surface area contributed by atoms with E-state index in [0.29, 0.717) is 0 Å². The van der Waals surface area contributed by atoms with Crippen LogP contribution in [-0.2, 0) is 31.9 Å². The SMILES string of the molecule is COc1ccc([C@@H](O)[C@@H](C(=O)N2C(=O)OC[C@@H]2Cc2ccccc2)[C@H](C(=O)N2C(=O)OC[C@@H]2Cc2ccccc2)[C@H](O)c2ccc(OC)c(OC)c2OC)c(OC)c1OC.